The highest BCUT2D eigenvalue weighted by atomic mass is 16.6. The molecule has 0 aliphatic carbocycles. The average molecular weight is 485 g/mol. The lowest BCUT2D eigenvalue weighted by Gasteiger charge is -2.21. The summed E-state index contributed by atoms with van der Waals surface area (Å²) < 4.78 is 16.1. The largest absolute Gasteiger partial charge is 0.489 e. The lowest BCUT2D eigenvalue weighted by Crippen LogP contribution is -2.46. The minimum absolute atomic E-state index is 0.0889. The van der Waals surface area contributed by atoms with Crippen LogP contribution in [-0.4, -0.2) is 48.6 Å². The highest BCUT2D eigenvalue weighted by molar-refractivity contribution is 5.96. The number of benzene rings is 2. The van der Waals surface area contributed by atoms with Crippen molar-refractivity contribution in [3.05, 3.63) is 58.1 Å². The van der Waals surface area contributed by atoms with E-state index in [4.69, 9.17) is 14.2 Å². The number of rotatable bonds is 9. The molecule has 2 amide bonds. The molecule has 35 heavy (non-hydrogen) atoms. The topological polar surface area (TPSA) is 146 Å². The third-order valence-electron chi connectivity index (χ3n) is 5.13. The zero-order valence-electron chi connectivity index (χ0n) is 19.4. The molecule has 0 fully saturated rings. The zero-order chi connectivity index (χ0) is 25.4. The van der Waals surface area contributed by atoms with E-state index in [0.717, 1.165) is 5.56 Å². The standard InChI is InChI=1S/C24H27N3O8/c1-15(2)23(26-21(28)11-16-7-4-3-5-8-16)24(30)35-14-22(29)25-17-12-19-20(13-18(17)27(31)32)34-10-6-9-33-19/h3-5,7-8,12-13,15,23H,6,9-11,14H2,1-2H3,(H,25,29)(H,26,28)/t23-/m0/s1. The molecule has 0 saturated heterocycles. The SMILES string of the molecule is CC(C)[C@H](NC(=O)Cc1ccccc1)C(=O)OCC(=O)Nc1cc2c(cc1[N+](=O)[O-])OCCCO2. The Hall–Kier alpha value is -4.15. The maximum absolute atomic E-state index is 12.6. The summed E-state index contributed by atoms with van der Waals surface area (Å²) in [5.74, 6) is -1.75. The van der Waals surface area contributed by atoms with Crippen LogP contribution >= 0.6 is 0 Å². The molecule has 0 unspecified atom stereocenters. The van der Waals surface area contributed by atoms with Crippen LogP contribution in [0.5, 0.6) is 11.5 Å². The van der Waals surface area contributed by atoms with Gasteiger partial charge in [0.25, 0.3) is 11.6 Å². The quantitative estimate of drug-likeness (QED) is 0.313. The predicted molar refractivity (Wildman–Crippen MR) is 125 cm³/mol. The fourth-order valence-corrected chi connectivity index (χ4v) is 3.37. The molecule has 1 aliphatic rings. The van der Waals surface area contributed by atoms with Crippen LogP contribution in [0.15, 0.2) is 42.5 Å². The van der Waals surface area contributed by atoms with Gasteiger partial charge >= 0.3 is 5.97 Å². The van der Waals surface area contributed by atoms with E-state index < -0.39 is 29.4 Å². The maximum atomic E-state index is 12.6. The maximum Gasteiger partial charge on any atom is 0.329 e. The van der Waals surface area contributed by atoms with Crippen LogP contribution in [0.2, 0.25) is 0 Å². The third-order valence-corrected chi connectivity index (χ3v) is 5.13. The van der Waals surface area contributed by atoms with E-state index in [1.54, 1.807) is 26.0 Å². The van der Waals surface area contributed by atoms with Gasteiger partial charge in [0.1, 0.15) is 11.7 Å². The van der Waals surface area contributed by atoms with Crippen molar-refractivity contribution in [2.24, 2.45) is 5.92 Å². The Kier molecular flexibility index (Phi) is 8.60. The Morgan fingerprint density at radius 2 is 1.71 bits per heavy atom. The van der Waals surface area contributed by atoms with Gasteiger partial charge in [0.2, 0.25) is 5.91 Å². The Labute approximate surface area is 201 Å². The summed E-state index contributed by atoms with van der Waals surface area (Å²) in [6, 6.07) is 10.6. The number of carbonyl (C=O) groups is 3. The van der Waals surface area contributed by atoms with E-state index in [0.29, 0.717) is 19.6 Å². The van der Waals surface area contributed by atoms with E-state index in [-0.39, 0.29) is 41.1 Å². The van der Waals surface area contributed by atoms with Crippen molar-refractivity contribution in [2.75, 3.05) is 25.1 Å². The van der Waals surface area contributed by atoms with E-state index in [2.05, 4.69) is 10.6 Å². The molecule has 11 nitrogen and oxygen atoms in total. The number of nitro benzene ring substituents is 1. The highest BCUT2D eigenvalue weighted by Crippen LogP contribution is 2.39. The van der Waals surface area contributed by atoms with Gasteiger partial charge < -0.3 is 24.8 Å². The van der Waals surface area contributed by atoms with Crippen LogP contribution in [0.1, 0.15) is 25.8 Å². The molecule has 3 rings (SSSR count). The van der Waals surface area contributed by atoms with Crippen LogP contribution in [-0.2, 0) is 25.5 Å². The van der Waals surface area contributed by atoms with Gasteiger partial charge in [-0.2, -0.15) is 0 Å². The van der Waals surface area contributed by atoms with Crippen LogP contribution < -0.4 is 20.1 Å². The van der Waals surface area contributed by atoms with Gasteiger partial charge in [-0.05, 0) is 11.5 Å². The average Bonchev–Trinajstić information content (AvgIpc) is 3.05. The lowest BCUT2D eigenvalue weighted by atomic mass is 10.0. The van der Waals surface area contributed by atoms with Crippen molar-refractivity contribution < 1.29 is 33.5 Å². The summed E-state index contributed by atoms with van der Waals surface area (Å²) in [4.78, 5) is 48.2. The summed E-state index contributed by atoms with van der Waals surface area (Å²) in [6.07, 6.45) is 0.699. The molecule has 1 heterocycles. The van der Waals surface area contributed by atoms with Gasteiger partial charge in [-0.15, -0.1) is 0 Å². The number of hydrogen-bond donors (Lipinski definition) is 2. The normalized spacial score (nSPS) is 13.3. The number of ether oxygens (including phenoxy) is 3. The minimum Gasteiger partial charge on any atom is -0.489 e. The van der Waals surface area contributed by atoms with Crippen molar-refractivity contribution in [2.45, 2.75) is 32.7 Å². The van der Waals surface area contributed by atoms with Crippen molar-refractivity contribution in [3.8, 4) is 11.5 Å². The molecule has 0 aromatic heterocycles. The van der Waals surface area contributed by atoms with Crippen molar-refractivity contribution in [1.29, 1.82) is 0 Å². The highest BCUT2D eigenvalue weighted by Gasteiger charge is 2.27. The molecule has 2 N–H and O–H groups in total. The molecule has 2 aromatic carbocycles. The summed E-state index contributed by atoms with van der Waals surface area (Å²) in [7, 11) is 0. The third kappa shape index (κ3) is 7.16. The van der Waals surface area contributed by atoms with Crippen LogP contribution in [0.25, 0.3) is 0 Å². The van der Waals surface area contributed by atoms with Crippen LogP contribution in [0.3, 0.4) is 0 Å². The van der Waals surface area contributed by atoms with Crippen LogP contribution in [0, 0.1) is 16.0 Å². The van der Waals surface area contributed by atoms with Crippen molar-refractivity contribution in [1.82, 2.24) is 5.32 Å². The van der Waals surface area contributed by atoms with Crippen molar-refractivity contribution in [3.63, 3.8) is 0 Å². The molecular weight excluding hydrogens is 458 g/mol. The summed E-state index contributed by atoms with van der Waals surface area (Å²) in [5, 5.41) is 16.5. The Balaban J connectivity index is 1.60. The van der Waals surface area contributed by atoms with E-state index in [9.17, 15) is 24.5 Å². The number of nitrogens with zero attached hydrogens (tertiary/aromatic N) is 1. The first-order valence-corrected chi connectivity index (χ1v) is 11.1. The molecule has 2 aromatic rings. The Morgan fingerprint density at radius 3 is 2.34 bits per heavy atom. The Morgan fingerprint density at radius 1 is 1.06 bits per heavy atom. The van der Waals surface area contributed by atoms with Crippen LogP contribution in [0.4, 0.5) is 11.4 Å². The smallest absolute Gasteiger partial charge is 0.329 e. The van der Waals surface area contributed by atoms with Gasteiger partial charge in [0.15, 0.2) is 18.1 Å². The predicted octanol–water partition coefficient (Wildman–Crippen LogP) is 2.62. The summed E-state index contributed by atoms with van der Waals surface area (Å²) >= 11 is 0. The monoisotopic (exact) mass is 485 g/mol. The van der Waals surface area contributed by atoms with Crippen molar-refractivity contribution >= 4 is 29.2 Å². The number of amides is 2. The molecule has 0 radical (unpaired) electrons. The molecular formula is C24H27N3O8. The number of nitrogens with one attached hydrogen (secondary N) is 2. The molecule has 1 aliphatic heterocycles. The second kappa shape index (κ2) is 11.8. The number of anilines is 1. The van der Waals surface area contributed by atoms with Gasteiger partial charge in [0.05, 0.1) is 30.6 Å². The van der Waals surface area contributed by atoms with Gasteiger partial charge in [-0.1, -0.05) is 44.2 Å². The molecule has 1 atom stereocenters. The molecule has 11 heteroatoms. The molecule has 0 spiro atoms. The fraction of sp³-hybridized carbons (Fsp3) is 0.375. The summed E-state index contributed by atoms with van der Waals surface area (Å²) in [6.45, 7) is 3.49. The first-order valence-electron chi connectivity index (χ1n) is 11.1. The number of nitro groups is 1. The lowest BCUT2D eigenvalue weighted by molar-refractivity contribution is -0.384. The minimum atomic E-state index is -0.966. The zero-order valence-corrected chi connectivity index (χ0v) is 19.4. The number of fused-ring (bicyclic) bond motifs is 1. The Bertz CT molecular complexity index is 1090. The van der Waals surface area contributed by atoms with E-state index >= 15 is 0 Å². The molecule has 186 valence electrons. The number of carbonyl (C=O) groups excluding carboxylic acids is 3. The first kappa shape index (κ1) is 25.5. The fourth-order valence-electron chi connectivity index (χ4n) is 3.37. The number of esters is 1. The van der Waals surface area contributed by atoms with E-state index in [1.165, 1.54) is 12.1 Å². The number of hydrogen-bond acceptors (Lipinski definition) is 8. The second-order valence-corrected chi connectivity index (χ2v) is 8.23. The van der Waals surface area contributed by atoms with Gasteiger partial charge in [-0.25, -0.2) is 4.79 Å². The molecule has 0 saturated carbocycles. The van der Waals surface area contributed by atoms with E-state index in [1.807, 2.05) is 18.2 Å². The second-order valence-electron chi connectivity index (χ2n) is 8.23. The molecule has 0 bridgehead atoms. The van der Waals surface area contributed by atoms with Gasteiger partial charge in [0, 0.05) is 12.5 Å². The first-order chi connectivity index (χ1) is 16.7. The van der Waals surface area contributed by atoms with Gasteiger partial charge in [-0.3, -0.25) is 19.7 Å². The summed E-state index contributed by atoms with van der Waals surface area (Å²) in [5.41, 5.74) is 0.288.